The number of likely N-dealkylation sites (tertiary alicyclic amines) is 1. The lowest BCUT2D eigenvalue weighted by Gasteiger charge is -2.42. The number of hydrogen-bond acceptors (Lipinski definition) is 7. The first kappa shape index (κ1) is 28.6. The summed E-state index contributed by atoms with van der Waals surface area (Å²) in [4.78, 5) is 28.3. The third kappa shape index (κ3) is 5.05. The minimum atomic E-state index is -1.01. The summed E-state index contributed by atoms with van der Waals surface area (Å²) in [5, 5.41) is 10.3. The Balaban J connectivity index is 1.36. The number of nitriles is 1. The fraction of sp³-hybridized carbons (Fsp3) is 0.500. The molecule has 0 bridgehead atoms. The summed E-state index contributed by atoms with van der Waals surface area (Å²) in [7, 11) is 2.11. The van der Waals surface area contributed by atoms with Crippen LogP contribution in [0.1, 0.15) is 55.0 Å². The molecule has 1 spiro atoms. The maximum absolute atomic E-state index is 13.8. The van der Waals surface area contributed by atoms with Gasteiger partial charge in [-0.05, 0) is 69.0 Å². The van der Waals surface area contributed by atoms with Gasteiger partial charge >= 0.3 is 6.01 Å². The molecule has 220 valence electrons. The summed E-state index contributed by atoms with van der Waals surface area (Å²) in [6.07, 6.45) is 7.00. The van der Waals surface area contributed by atoms with Gasteiger partial charge in [-0.25, -0.2) is 4.39 Å². The SMILES string of the molecule is C=C(F)C(=O)N1CCN(c2nc(OC[C@@H]3CCCN3C)nc3c2CCC2(C=C(C)c4c(Cl)cccc42)C3)C[C@@H]1CC#N. The number of carbonyl (C=O) groups excluding carboxylic acids is 1. The Morgan fingerprint density at radius 2 is 2.12 bits per heavy atom. The van der Waals surface area contributed by atoms with E-state index in [0.29, 0.717) is 38.2 Å². The smallest absolute Gasteiger partial charge is 0.318 e. The van der Waals surface area contributed by atoms with Gasteiger partial charge in [0.2, 0.25) is 0 Å². The minimum Gasteiger partial charge on any atom is -0.462 e. The molecule has 0 N–H and O–H groups in total. The highest BCUT2D eigenvalue weighted by atomic mass is 35.5. The molecule has 3 atom stereocenters. The topological polar surface area (TPSA) is 85.6 Å². The fourth-order valence-corrected chi connectivity index (χ4v) is 7.65. The summed E-state index contributed by atoms with van der Waals surface area (Å²) < 4.78 is 20.1. The Kier molecular flexibility index (Phi) is 7.71. The van der Waals surface area contributed by atoms with Gasteiger partial charge in [-0.1, -0.05) is 36.4 Å². The third-order valence-electron chi connectivity index (χ3n) is 9.47. The molecule has 3 heterocycles. The monoisotopic (exact) mass is 590 g/mol. The molecule has 2 saturated heterocycles. The first-order valence-electron chi connectivity index (χ1n) is 14.7. The normalized spacial score (nSPS) is 25.2. The highest BCUT2D eigenvalue weighted by Crippen LogP contribution is 2.50. The van der Waals surface area contributed by atoms with E-state index in [9.17, 15) is 14.4 Å². The van der Waals surface area contributed by atoms with E-state index < -0.39 is 17.8 Å². The van der Waals surface area contributed by atoms with Crippen molar-refractivity contribution < 1.29 is 13.9 Å². The second-order valence-corrected chi connectivity index (χ2v) is 12.4. The zero-order chi connectivity index (χ0) is 29.6. The highest BCUT2D eigenvalue weighted by molar-refractivity contribution is 6.32. The number of fused-ring (bicyclic) bond motifs is 3. The molecule has 2 fully saturated rings. The Morgan fingerprint density at radius 3 is 2.86 bits per heavy atom. The number of carbonyl (C=O) groups is 1. The van der Waals surface area contributed by atoms with Gasteiger partial charge in [0, 0.05) is 48.1 Å². The van der Waals surface area contributed by atoms with Crippen molar-refractivity contribution in [3.8, 4) is 12.1 Å². The van der Waals surface area contributed by atoms with Gasteiger partial charge in [-0.3, -0.25) is 4.79 Å². The number of anilines is 1. The van der Waals surface area contributed by atoms with Gasteiger partial charge in [0.1, 0.15) is 12.4 Å². The number of ether oxygens (including phenoxy) is 1. The first-order valence-corrected chi connectivity index (χ1v) is 15.1. The molecule has 8 nitrogen and oxygen atoms in total. The van der Waals surface area contributed by atoms with E-state index in [2.05, 4.69) is 48.6 Å². The number of benzene rings is 1. The van der Waals surface area contributed by atoms with Gasteiger partial charge < -0.3 is 19.4 Å². The van der Waals surface area contributed by atoms with Crippen LogP contribution in [0, 0.1) is 11.3 Å². The summed E-state index contributed by atoms with van der Waals surface area (Å²) in [6.45, 7) is 7.96. The van der Waals surface area contributed by atoms with Crippen molar-refractivity contribution >= 4 is 28.9 Å². The van der Waals surface area contributed by atoms with Crippen LogP contribution >= 0.6 is 11.6 Å². The van der Waals surface area contributed by atoms with Crippen LogP contribution in [0.25, 0.3) is 5.57 Å². The minimum absolute atomic E-state index is 0.0882. The first-order chi connectivity index (χ1) is 20.2. The second-order valence-electron chi connectivity index (χ2n) is 12.0. The zero-order valence-corrected chi connectivity index (χ0v) is 25.0. The molecule has 1 amide bonds. The molecule has 4 aliphatic rings. The fourth-order valence-electron chi connectivity index (χ4n) is 7.33. The molecule has 42 heavy (non-hydrogen) atoms. The lowest BCUT2D eigenvalue weighted by molar-refractivity contribution is -0.131. The number of hydrogen-bond donors (Lipinski definition) is 0. The molecule has 1 unspecified atom stereocenters. The van der Waals surface area contributed by atoms with Crippen molar-refractivity contribution in [2.75, 3.05) is 44.7 Å². The van der Waals surface area contributed by atoms with Gasteiger partial charge in [-0.2, -0.15) is 15.2 Å². The van der Waals surface area contributed by atoms with Crippen LogP contribution < -0.4 is 9.64 Å². The van der Waals surface area contributed by atoms with Crippen molar-refractivity contribution in [3.05, 3.63) is 64.1 Å². The zero-order valence-electron chi connectivity index (χ0n) is 24.2. The van der Waals surface area contributed by atoms with Crippen molar-refractivity contribution in [2.24, 2.45) is 0 Å². The quantitative estimate of drug-likeness (QED) is 0.444. The third-order valence-corrected chi connectivity index (χ3v) is 9.78. The molecule has 2 aliphatic carbocycles. The Labute approximate surface area is 251 Å². The van der Waals surface area contributed by atoms with Crippen LogP contribution in [-0.2, 0) is 23.1 Å². The summed E-state index contributed by atoms with van der Waals surface area (Å²) in [5.41, 5.74) is 5.35. The molecule has 6 rings (SSSR count). The van der Waals surface area contributed by atoms with Crippen molar-refractivity contribution in [2.45, 2.75) is 62.9 Å². The molecule has 1 aromatic heterocycles. The van der Waals surface area contributed by atoms with Crippen LogP contribution in [0.15, 0.2) is 36.7 Å². The van der Waals surface area contributed by atoms with Crippen LogP contribution in [-0.4, -0.2) is 77.6 Å². The van der Waals surface area contributed by atoms with E-state index in [1.54, 1.807) is 0 Å². The molecule has 0 saturated carbocycles. The molecular formula is C32H36ClFN6O2. The van der Waals surface area contributed by atoms with Crippen LogP contribution in [0.3, 0.4) is 0 Å². The van der Waals surface area contributed by atoms with Crippen molar-refractivity contribution in [1.29, 1.82) is 5.26 Å². The highest BCUT2D eigenvalue weighted by Gasteiger charge is 2.43. The second kappa shape index (κ2) is 11.3. The number of nitrogens with zero attached hydrogens (tertiary/aromatic N) is 6. The average molecular weight is 591 g/mol. The molecule has 10 heteroatoms. The van der Waals surface area contributed by atoms with Crippen molar-refractivity contribution in [3.63, 3.8) is 0 Å². The van der Waals surface area contributed by atoms with Gasteiger partial charge in [-0.15, -0.1) is 0 Å². The van der Waals surface area contributed by atoms with E-state index in [0.717, 1.165) is 59.9 Å². The average Bonchev–Trinajstić information content (AvgIpc) is 3.51. The van der Waals surface area contributed by atoms with E-state index in [4.69, 9.17) is 26.3 Å². The summed E-state index contributed by atoms with van der Waals surface area (Å²) >= 11 is 6.65. The van der Waals surface area contributed by atoms with E-state index >= 15 is 0 Å². The summed E-state index contributed by atoms with van der Waals surface area (Å²) in [5.74, 6) is -0.986. The van der Waals surface area contributed by atoms with E-state index in [1.165, 1.54) is 16.0 Å². The number of halogens is 2. The Morgan fingerprint density at radius 1 is 1.29 bits per heavy atom. The largest absolute Gasteiger partial charge is 0.462 e. The lowest BCUT2D eigenvalue weighted by Crippen LogP contribution is -2.55. The van der Waals surface area contributed by atoms with Gasteiger partial charge in [0.05, 0.1) is 24.2 Å². The maximum Gasteiger partial charge on any atom is 0.318 e. The van der Waals surface area contributed by atoms with Gasteiger partial charge in [0.15, 0.2) is 5.83 Å². The van der Waals surface area contributed by atoms with Gasteiger partial charge in [0.25, 0.3) is 5.91 Å². The number of likely N-dealkylation sites (N-methyl/N-ethyl adjacent to an activating group) is 1. The number of piperazine rings is 1. The molecule has 2 aromatic rings. The van der Waals surface area contributed by atoms with Crippen molar-refractivity contribution in [1.82, 2.24) is 19.8 Å². The number of aromatic nitrogens is 2. The van der Waals surface area contributed by atoms with E-state index in [1.807, 2.05) is 12.1 Å². The number of rotatable bonds is 6. The number of allylic oxidation sites excluding steroid dienone is 2. The number of amides is 1. The predicted molar refractivity (Wildman–Crippen MR) is 160 cm³/mol. The van der Waals surface area contributed by atoms with Crippen LogP contribution in [0.5, 0.6) is 6.01 Å². The molecular weight excluding hydrogens is 555 g/mol. The Hall–Kier alpha value is -3.48. The predicted octanol–water partition coefficient (Wildman–Crippen LogP) is 4.86. The van der Waals surface area contributed by atoms with E-state index in [-0.39, 0.29) is 18.4 Å². The Bertz CT molecular complexity index is 1500. The standard InChI is InChI=1S/C32H36ClFN6O2/c1-20-16-32(25-7-4-8-26(33)28(20)25)11-9-24-27(17-32)36-31(42-19-23-6-5-13-38(23)3)37-29(24)39-14-15-40(30(41)21(2)34)22(18-39)10-12-35/h4,7-8,16,22-23H,2,5-6,9-11,13-15,17-19H2,1,3H3/t22-,23-,32?/m0/s1. The van der Waals surface area contributed by atoms with Crippen LogP contribution in [0.2, 0.25) is 5.02 Å². The lowest BCUT2D eigenvalue weighted by atomic mass is 9.70. The molecule has 1 aromatic carbocycles. The molecule has 2 aliphatic heterocycles. The van der Waals surface area contributed by atoms with Crippen LogP contribution in [0.4, 0.5) is 10.2 Å². The maximum atomic E-state index is 13.8. The summed E-state index contributed by atoms with van der Waals surface area (Å²) in [6, 6.07) is 8.49. The molecule has 0 radical (unpaired) electrons.